The van der Waals surface area contributed by atoms with Crippen molar-refractivity contribution < 1.29 is 4.74 Å². The third-order valence-electron chi connectivity index (χ3n) is 3.79. The van der Waals surface area contributed by atoms with Crippen molar-refractivity contribution in [3.05, 3.63) is 34.9 Å². The van der Waals surface area contributed by atoms with Gasteiger partial charge in [-0.05, 0) is 23.1 Å². The molecular weight excluding hydrogens is 222 g/mol. The van der Waals surface area contributed by atoms with Crippen molar-refractivity contribution in [3.8, 4) is 0 Å². The summed E-state index contributed by atoms with van der Waals surface area (Å²) in [6.45, 7) is 3.77. The van der Waals surface area contributed by atoms with Crippen LogP contribution in [0, 0.1) is 0 Å². The van der Waals surface area contributed by atoms with Crippen LogP contribution in [0.1, 0.15) is 68.2 Å². The van der Waals surface area contributed by atoms with E-state index in [1.165, 1.54) is 48.8 Å². The minimum absolute atomic E-state index is 0.192. The molecule has 0 amide bonds. The highest BCUT2D eigenvalue weighted by Crippen LogP contribution is 2.25. The third-order valence-corrected chi connectivity index (χ3v) is 3.79. The molecule has 0 aliphatic carbocycles. The Morgan fingerprint density at radius 2 is 1.89 bits per heavy atom. The van der Waals surface area contributed by atoms with Crippen molar-refractivity contribution in [2.45, 2.75) is 64.7 Å². The second-order valence-corrected chi connectivity index (χ2v) is 5.33. The molecule has 2 rings (SSSR count). The Balaban J connectivity index is 1.80. The highest BCUT2D eigenvalue weighted by Gasteiger charge is 2.13. The molecule has 0 fully saturated rings. The summed E-state index contributed by atoms with van der Waals surface area (Å²) in [5.74, 6) is 0. The maximum Gasteiger partial charge on any atom is 0.0725 e. The van der Waals surface area contributed by atoms with E-state index in [-0.39, 0.29) is 6.04 Å². The first-order chi connectivity index (χ1) is 8.81. The molecule has 0 saturated carbocycles. The van der Waals surface area contributed by atoms with E-state index in [9.17, 15) is 0 Å². The topological polar surface area (TPSA) is 35.2 Å². The molecule has 1 aliphatic rings. The van der Waals surface area contributed by atoms with Crippen LogP contribution in [-0.4, -0.2) is 0 Å². The molecule has 0 spiro atoms. The van der Waals surface area contributed by atoms with Crippen LogP contribution in [0.4, 0.5) is 0 Å². The second-order valence-electron chi connectivity index (χ2n) is 5.33. The average Bonchev–Trinajstić information content (AvgIpc) is 2.85. The molecule has 2 nitrogen and oxygen atoms in total. The quantitative estimate of drug-likeness (QED) is 0.737. The number of benzene rings is 1. The van der Waals surface area contributed by atoms with E-state index >= 15 is 0 Å². The Bertz CT molecular complexity index is 375. The number of hydrogen-bond donors (Lipinski definition) is 1. The molecule has 100 valence electrons. The number of fused-ring (bicyclic) bond motifs is 1. The lowest BCUT2D eigenvalue weighted by atomic mass is 9.97. The summed E-state index contributed by atoms with van der Waals surface area (Å²) in [5.41, 5.74) is 10.2. The van der Waals surface area contributed by atoms with Crippen molar-refractivity contribution in [1.29, 1.82) is 0 Å². The molecule has 1 unspecified atom stereocenters. The van der Waals surface area contributed by atoms with Crippen LogP contribution in [-0.2, 0) is 18.0 Å². The van der Waals surface area contributed by atoms with E-state index in [0.29, 0.717) is 0 Å². The molecule has 18 heavy (non-hydrogen) atoms. The zero-order valence-corrected chi connectivity index (χ0v) is 11.5. The van der Waals surface area contributed by atoms with E-state index in [1.807, 2.05) is 0 Å². The van der Waals surface area contributed by atoms with Gasteiger partial charge in [0.2, 0.25) is 0 Å². The Labute approximate surface area is 111 Å². The first-order valence-corrected chi connectivity index (χ1v) is 7.26. The molecule has 1 heterocycles. The first-order valence-electron chi connectivity index (χ1n) is 7.26. The average molecular weight is 247 g/mol. The fourth-order valence-electron chi connectivity index (χ4n) is 2.56. The highest BCUT2D eigenvalue weighted by molar-refractivity contribution is 5.34. The molecule has 2 N–H and O–H groups in total. The largest absolute Gasteiger partial charge is 0.372 e. The Morgan fingerprint density at radius 1 is 1.11 bits per heavy atom. The minimum Gasteiger partial charge on any atom is -0.372 e. The minimum atomic E-state index is 0.192. The SMILES string of the molecule is CCCCCCCC(N)c1ccc2c(c1)COC2. The molecule has 1 atom stereocenters. The van der Waals surface area contributed by atoms with Crippen molar-refractivity contribution in [2.75, 3.05) is 0 Å². The van der Waals surface area contributed by atoms with Crippen LogP contribution < -0.4 is 5.73 Å². The number of hydrogen-bond acceptors (Lipinski definition) is 2. The smallest absolute Gasteiger partial charge is 0.0725 e. The standard InChI is InChI=1S/C16H25NO/c1-2-3-4-5-6-7-16(17)13-8-9-14-11-18-12-15(14)10-13/h8-10,16H,2-7,11-12,17H2,1H3. The van der Waals surface area contributed by atoms with E-state index in [2.05, 4.69) is 25.1 Å². The first kappa shape index (κ1) is 13.6. The summed E-state index contributed by atoms with van der Waals surface area (Å²) in [4.78, 5) is 0. The van der Waals surface area contributed by atoms with Crippen LogP contribution in [0.15, 0.2) is 18.2 Å². The van der Waals surface area contributed by atoms with E-state index in [0.717, 1.165) is 19.6 Å². The zero-order valence-electron chi connectivity index (χ0n) is 11.5. The van der Waals surface area contributed by atoms with E-state index in [1.54, 1.807) is 0 Å². The van der Waals surface area contributed by atoms with E-state index < -0.39 is 0 Å². The van der Waals surface area contributed by atoms with Gasteiger partial charge in [-0.15, -0.1) is 0 Å². The molecule has 1 aromatic carbocycles. The van der Waals surface area contributed by atoms with Gasteiger partial charge >= 0.3 is 0 Å². The Morgan fingerprint density at radius 3 is 2.72 bits per heavy atom. The molecule has 2 heteroatoms. The molecule has 1 aliphatic heterocycles. The van der Waals surface area contributed by atoms with Crippen molar-refractivity contribution >= 4 is 0 Å². The third kappa shape index (κ3) is 3.56. The Hall–Kier alpha value is -0.860. The van der Waals surface area contributed by atoms with Crippen LogP contribution >= 0.6 is 0 Å². The van der Waals surface area contributed by atoms with Gasteiger partial charge in [0.15, 0.2) is 0 Å². The van der Waals surface area contributed by atoms with Crippen LogP contribution in [0.2, 0.25) is 0 Å². The van der Waals surface area contributed by atoms with Gasteiger partial charge in [0, 0.05) is 6.04 Å². The summed E-state index contributed by atoms with van der Waals surface area (Å²) in [5, 5.41) is 0. The van der Waals surface area contributed by atoms with Crippen molar-refractivity contribution in [3.63, 3.8) is 0 Å². The Kier molecular flexibility index (Phi) is 5.21. The maximum atomic E-state index is 6.26. The number of unbranched alkanes of at least 4 members (excludes halogenated alkanes) is 4. The molecular formula is C16H25NO. The predicted molar refractivity (Wildman–Crippen MR) is 75.2 cm³/mol. The predicted octanol–water partition coefficient (Wildman–Crippen LogP) is 4.08. The lowest BCUT2D eigenvalue weighted by molar-refractivity contribution is 0.134. The molecule has 0 radical (unpaired) electrons. The summed E-state index contributed by atoms with van der Waals surface area (Å²) in [6.07, 6.45) is 7.66. The van der Waals surface area contributed by atoms with Gasteiger partial charge < -0.3 is 10.5 Å². The van der Waals surface area contributed by atoms with Gasteiger partial charge in [-0.3, -0.25) is 0 Å². The van der Waals surface area contributed by atoms with Crippen molar-refractivity contribution in [2.24, 2.45) is 5.73 Å². The molecule has 0 aromatic heterocycles. The van der Waals surface area contributed by atoms with Gasteiger partial charge in [-0.25, -0.2) is 0 Å². The molecule has 1 aromatic rings. The number of nitrogens with two attached hydrogens (primary N) is 1. The van der Waals surface area contributed by atoms with Gasteiger partial charge in [-0.1, -0.05) is 57.2 Å². The number of rotatable bonds is 7. The fourth-order valence-corrected chi connectivity index (χ4v) is 2.56. The van der Waals surface area contributed by atoms with E-state index in [4.69, 9.17) is 10.5 Å². The lowest BCUT2D eigenvalue weighted by Gasteiger charge is -2.13. The molecule has 0 bridgehead atoms. The van der Waals surface area contributed by atoms with Crippen molar-refractivity contribution in [1.82, 2.24) is 0 Å². The number of ether oxygens (including phenoxy) is 1. The summed E-state index contributed by atoms with van der Waals surface area (Å²) < 4.78 is 5.43. The van der Waals surface area contributed by atoms with Crippen LogP contribution in [0.25, 0.3) is 0 Å². The summed E-state index contributed by atoms with van der Waals surface area (Å²) in [6, 6.07) is 6.77. The fraction of sp³-hybridized carbons (Fsp3) is 0.625. The maximum absolute atomic E-state index is 6.26. The zero-order chi connectivity index (χ0) is 12.8. The van der Waals surface area contributed by atoms with Gasteiger partial charge in [-0.2, -0.15) is 0 Å². The second kappa shape index (κ2) is 6.91. The monoisotopic (exact) mass is 247 g/mol. The summed E-state index contributed by atoms with van der Waals surface area (Å²) in [7, 11) is 0. The van der Waals surface area contributed by atoms with Crippen LogP contribution in [0.3, 0.4) is 0 Å². The lowest BCUT2D eigenvalue weighted by Crippen LogP contribution is -2.10. The normalized spacial score (nSPS) is 15.7. The highest BCUT2D eigenvalue weighted by atomic mass is 16.5. The molecule has 0 saturated heterocycles. The summed E-state index contributed by atoms with van der Waals surface area (Å²) >= 11 is 0. The van der Waals surface area contributed by atoms with Gasteiger partial charge in [0.1, 0.15) is 0 Å². The van der Waals surface area contributed by atoms with Crippen LogP contribution in [0.5, 0.6) is 0 Å². The van der Waals surface area contributed by atoms with Gasteiger partial charge in [0.05, 0.1) is 13.2 Å². The van der Waals surface area contributed by atoms with Gasteiger partial charge in [0.25, 0.3) is 0 Å².